The summed E-state index contributed by atoms with van der Waals surface area (Å²) >= 11 is 0. The fourth-order valence-electron chi connectivity index (χ4n) is 1.70. The average molecular weight is 305 g/mol. The Labute approximate surface area is 113 Å². The molecule has 20 heavy (non-hydrogen) atoms. The summed E-state index contributed by atoms with van der Waals surface area (Å²) < 4.78 is 50.2. The lowest BCUT2D eigenvalue weighted by molar-refractivity contribution is -0.000449. The van der Waals surface area contributed by atoms with E-state index in [1.54, 1.807) is 6.07 Å². The zero-order chi connectivity index (χ0) is 14.9. The van der Waals surface area contributed by atoms with Crippen LogP contribution in [0.1, 0.15) is 0 Å². The molecule has 2 rings (SSSR count). The van der Waals surface area contributed by atoms with E-state index in [1.807, 2.05) is 4.72 Å². The summed E-state index contributed by atoms with van der Waals surface area (Å²) in [5.41, 5.74) is 6.55. The molecule has 9 heteroatoms. The van der Waals surface area contributed by atoms with Crippen LogP contribution in [-0.4, -0.2) is 37.6 Å². The molecule has 0 fully saturated rings. The zero-order valence-electron chi connectivity index (χ0n) is 10.2. The van der Waals surface area contributed by atoms with E-state index in [4.69, 9.17) is 10.8 Å². The Morgan fingerprint density at radius 3 is 2.75 bits per heavy atom. The molecule has 0 bridgehead atoms. The molecule has 0 aliphatic rings. The minimum atomic E-state index is -4.00. The van der Waals surface area contributed by atoms with E-state index in [0.717, 1.165) is 0 Å². The molecule has 1 aromatic heterocycles. The van der Waals surface area contributed by atoms with Gasteiger partial charge in [0.15, 0.2) is 0 Å². The first-order valence-electron chi connectivity index (χ1n) is 5.64. The van der Waals surface area contributed by atoms with Gasteiger partial charge in [0.05, 0.1) is 0 Å². The van der Waals surface area contributed by atoms with Gasteiger partial charge >= 0.3 is 0 Å². The highest BCUT2D eigenvalue weighted by molar-refractivity contribution is 7.89. The van der Waals surface area contributed by atoms with Crippen LogP contribution >= 0.6 is 0 Å². The highest BCUT2D eigenvalue weighted by Gasteiger charge is 2.23. The van der Waals surface area contributed by atoms with Crippen LogP contribution in [0.3, 0.4) is 0 Å². The van der Waals surface area contributed by atoms with Crippen LogP contribution in [0.5, 0.6) is 0 Å². The van der Waals surface area contributed by atoms with Crippen molar-refractivity contribution in [1.29, 1.82) is 0 Å². The second kappa shape index (κ2) is 5.35. The number of aromatic amines is 1. The first-order chi connectivity index (χ1) is 9.31. The van der Waals surface area contributed by atoms with Gasteiger partial charge in [0, 0.05) is 29.3 Å². The van der Waals surface area contributed by atoms with E-state index in [-0.39, 0.29) is 4.90 Å². The number of hydrogen-bond acceptors (Lipinski definition) is 4. The summed E-state index contributed by atoms with van der Waals surface area (Å²) in [6.45, 7) is -0.762. The van der Waals surface area contributed by atoms with Crippen molar-refractivity contribution in [2.24, 2.45) is 0 Å². The predicted octanol–water partition coefficient (Wildman–Crippen LogP) is 0.654. The molecule has 6 nitrogen and oxygen atoms in total. The maximum Gasteiger partial charge on any atom is 0.265 e. The Kier molecular flexibility index (Phi) is 3.93. The van der Waals surface area contributed by atoms with E-state index in [1.165, 1.54) is 18.3 Å². The fourth-order valence-corrected chi connectivity index (χ4v) is 2.93. The standard InChI is InChI=1S/C11H13F2N3O3S/c12-11(13)9(17)4-16-20(18,19)10-5-15-8-3-6(14)1-2-7(8)10/h1-3,5,9,11,15-17H,4,14H2. The average Bonchev–Trinajstić information content (AvgIpc) is 2.79. The number of nitrogens with one attached hydrogen (secondary N) is 2. The zero-order valence-corrected chi connectivity index (χ0v) is 11.0. The molecule has 1 atom stereocenters. The van der Waals surface area contributed by atoms with Gasteiger partial charge in [0.2, 0.25) is 10.0 Å². The number of nitrogen functional groups attached to an aromatic ring is 1. The number of benzene rings is 1. The number of aliphatic hydroxyl groups excluding tert-OH is 1. The second-order valence-corrected chi connectivity index (χ2v) is 5.95. The Bertz CT molecular complexity index is 715. The highest BCUT2D eigenvalue weighted by atomic mass is 32.2. The molecular formula is C11H13F2N3O3S. The maximum absolute atomic E-state index is 12.1. The van der Waals surface area contributed by atoms with Gasteiger partial charge in [-0.25, -0.2) is 21.9 Å². The van der Waals surface area contributed by atoms with Crippen LogP contribution in [-0.2, 0) is 10.0 Å². The molecule has 0 radical (unpaired) electrons. The molecule has 1 aromatic carbocycles. The molecule has 0 aliphatic carbocycles. The van der Waals surface area contributed by atoms with Crippen molar-refractivity contribution in [3.8, 4) is 0 Å². The molecule has 1 heterocycles. The summed E-state index contributed by atoms with van der Waals surface area (Å²) in [5, 5.41) is 9.32. The Balaban J connectivity index is 2.28. The van der Waals surface area contributed by atoms with Gasteiger partial charge in [0.25, 0.3) is 6.43 Å². The molecule has 2 aromatic rings. The quantitative estimate of drug-likeness (QED) is 0.608. The minimum absolute atomic E-state index is 0.0889. The lowest BCUT2D eigenvalue weighted by Gasteiger charge is -2.10. The predicted molar refractivity (Wildman–Crippen MR) is 69.9 cm³/mol. The summed E-state index contributed by atoms with van der Waals surface area (Å²) in [7, 11) is -4.00. The summed E-state index contributed by atoms with van der Waals surface area (Å²) in [5.74, 6) is 0. The van der Waals surface area contributed by atoms with E-state index in [2.05, 4.69) is 4.98 Å². The summed E-state index contributed by atoms with van der Waals surface area (Å²) in [4.78, 5) is 2.65. The largest absolute Gasteiger partial charge is 0.399 e. The van der Waals surface area contributed by atoms with Crippen molar-refractivity contribution in [2.45, 2.75) is 17.4 Å². The monoisotopic (exact) mass is 305 g/mol. The number of H-pyrrole nitrogens is 1. The van der Waals surface area contributed by atoms with Crippen LogP contribution < -0.4 is 10.5 Å². The third-order valence-corrected chi connectivity index (χ3v) is 4.19. The lowest BCUT2D eigenvalue weighted by Crippen LogP contribution is -2.35. The summed E-state index contributed by atoms with van der Waals surface area (Å²) in [6.07, 6.45) is -3.83. The smallest absolute Gasteiger partial charge is 0.265 e. The topological polar surface area (TPSA) is 108 Å². The molecule has 0 saturated heterocycles. The van der Waals surface area contributed by atoms with E-state index in [0.29, 0.717) is 16.6 Å². The van der Waals surface area contributed by atoms with Crippen LogP contribution in [0.15, 0.2) is 29.3 Å². The number of sulfonamides is 1. The van der Waals surface area contributed by atoms with E-state index in [9.17, 15) is 17.2 Å². The molecule has 0 amide bonds. The second-order valence-electron chi connectivity index (χ2n) is 4.21. The molecular weight excluding hydrogens is 292 g/mol. The van der Waals surface area contributed by atoms with Crippen molar-refractivity contribution < 1.29 is 22.3 Å². The van der Waals surface area contributed by atoms with Crippen LogP contribution in [0.4, 0.5) is 14.5 Å². The van der Waals surface area contributed by atoms with Gasteiger partial charge in [0.1, 0.15) is 11.0 Å². The molecule has 1 unspecified atom stereocenters. The van der Waals surface area contributed by atoms with E-state index >= 15 is 0 Å². The van der Waals surface area contributed by atoms with Crippen molar-refractivity contribution in [2.75, 3.05) is 12.3 Å². The van der Waals surface area contributed by atoms with Gasteiger partial charge in [-0.1, -0.05) is 0 Å². The van der Waals surface area contributed by atoms with Crippen molar-refractivity contribution >= 4 is 26.6 Å². The third-order valence-electron chi connectivity index (χ3n) is 2.73. The van der Waals surface area contributed by atoms with Gasteiger partial charge < -0.3 is 15.8 Å². The summed E-state index contributed by atoms with van der Waals surface area (Å²) in [6, 6.07) is 4.60. The molecule has 110 valence electrons. The van der Waals surface area contributed by atoms with Gasteiger partial charge in [-0.3, -0.25) is 0 Å². The van der Waals surface area contributed by atoms with E-state index < -0.39 is 29.1 Å². The number of hydrogen-bond donors (Lipinski definition) is 4. The number of halogens is 2. The van der Waals surface area contributed by atoms with Gasteiger partial charge in [-0.2, -0.15) is 0 Å². The molecule has 0 saturated carbocycles. The van der Waals surface area contributed by atoms with Crippen molar-refractivity contribution in [3.63, 3.8) is 0 Å². The Hall–Kier alpha value is -1.71. The normalized spacial score (nSPS) is 14.0. The number of fused-ring (bicyclic) bond motifs is 1. The first-order valence-corrected chi connectivity index (χ1v) is 7.12. The SMILES string of the molecule is Nc1ccc2c(S(=O)(=O)NCC(O)C(F)F)c[nH]c2c1. The number of alkyl halides is 2. The molecule has 0 spiro atoms. The van der Waals surface area contributed by atoms with Crippen molar-refractivity contribution in [1.82, 2.24) is 9.71 Å². The highest BCUT2D eigenvalue weighted by Crippen LogP contribution is 2.24. The number of rotatable bonds is 5. The van der Waals surface area contributed by atoms with Crippen LogP contribution in [0.25, 0.3) is 10.9 Å². The van der Waals surface area contributed by atoms with Gasteiger partial charge in [-0.05, 0) is 18.2 Å². The fraction of sp³-hybridized carbons (Fsp3) is 0.273. The molecule has 5 N–H and O–H groups in total. The number of aliphatic hydroxyl groups is 1. The lowest BCUT2D eigenvalue weighted by atomic mass is 10.2. The van der Waals surface area contributed by atoms with Gasteiger partial charge in [-0.15, -0.1) is 0 Å². The number of nitrogens with two attached hydrogens (primary N) is 1. The van der Waals surface area contributed by atoms with Crippen LogP contribution in [0, 0.1) is 0 Å². The maximum atomic E-state index is 12.1. The van der Waals surface area contributed by atoms with Crippen LogP contribution in [0.2, 0.25) is 0 Å². The Morgan fingerprint density at radius 1 is 1.40 bits per heavy atom. The first kappa shape index (κ1) is 14.7. The number of aromatic nitrogens is 1. The third kappa shape index (κ3) is 2.89. The van der Waals surface area contributed by atoms with Crippen molar-refractivity contribution in [3.05, 3.63) is 24.4 Å². The molecule has 0 aliphatic heterocycles. The minimum Gasteiger partial charge on any atom is -0.399 e. The number of anilines is 1. The Morgan fingerprint density at radius 2 is 2.10 bits per heavy atom.